The van der Waals surface area contributed by atoms with Gasteiger partial charge in [0, 0.05) is 15.7 Å². The Balaban J connectivity index is 1.73. The van der Waals surface area contributed by atoms with Crippen LogP contribution in [-0.4, -0.2) is 14.8 Å². The summed E-state index contributed by atoms with van der Waals surface area (Å²) in [5.74, 6) is 1.56. The van der Waals surface area contributed by atoms with Crippen molar-refractivity contribution in [1.29, 1.82) is 0 Å². The average molecular weight is 419 g/mol. The van der Waals surface area contributed by atoms with Crippen molar-refractivity contribution in [3.63, 3.8) is 0 Å². The third-order valence-electron chi connectivity index (χ3n) is 4.34. The maximum atomic E-state index is 4.46. The molecule has 0 unspecified atom stereocenters. The third-order valence-corrected chi connectivity index (χ3v) is 4.87. The first kappa shape index (κ1) is 17.5. The third kappa shape index (κ3) is 4.09. The lowest BCUT2D eigenvalue weighted by Crippen LogP contribution is -2.07. The molecule has 0 radical (unpaired) electrons. The second-order valence-corrected chi connectivity index (χ2v) is 7.33. The standard InChI is InChI=1S/C22H19BrN4/c1-16-7-13-20(14-8-16)24-22-26-25-21(18-9-11-19(23)12-10-18)27(22)15-17-5-3-2-4-6-17/h2-14H,15H2,1H3,(H,24,26). The van der Waals surface area contributed by atoms with E-state index in [-0.39, 0.29) is 0 Å². The summed E-state index contributed by atoms with van der Waals surface area (Å²) in [6.07, 6.45) is 0. The van der Waals surface area contributed by atoms with Gasteiger partial charge in [0.2, 0.25) is 5.95 Å². The normalized spacial score (nSPS) is 10.7. The molecular formula is C22H19BrN4. The summed E-state index contributed by atoms with van der Waals surface area (Å²) in [6.45, 7) is 2.76. The average Bonchev–Trinajstić information content (AvgIpc) is 3.07. The van der Waals surface area contributed by atoms with Crippen LogP contribution in [0.5, 0.6) is 0 Å². The van der Waals surface area contributed by atoms with Gasteiger partial charge >= 0.3 is 0 Å². The number of rotatable bonds is 5. The van der Waals surface area contributed by atoms with Crippen LogP contribution in [0.1, 0.15) is 11.1 Å². The molecule has 4 nitrogen and oxygen atoms in total. The Morgan fingerprint density at radius 1 is 0.852 bits per heavy atom. The van der Waals surface area contributed by atoms with Crippen LogP contribution >= 0.6 is 15.9 Å². The van der Waals surface area contributed by atoms with Crippen LogP contribution in [0.4, 0.5) is 11.6 Å². The zero-order chi connectivity index (χ0) is 18.6. The molecule has 4 rings (SSSR count). The minimum absolute atomic E-state index is 0.688. The largest absolute Gasteiger partial charge is 0.324 e. The number of aryl methyl sites for hydroxylation is 1. The minimum atomic E-state index is 0.688. The molecule has 0 saturated carbocycles. The molecule has 0 aliphatic rings. The van der Waals surface area contributed by atoms with E-state index in [9.17, 15) is 0 Å². The summed E-state index contributed by atoms with van der Waals surface area (Å²) in [7, 11) is 0. The second-order valence-electron chi connectivity index (χ2n) is 6.42. The predicted octanol–water partition coefficient (Wildman–Crippen LogP) is 5.81. The van der Waals surface area contributed by atoms with Gasteiger partial charge in [-0.3, -0.25) is 4.57 Å². The lowest BCUT2D eigenvalue weighted by molar-refractivity contribution is 0.812. The highest BCUT2D eigenvalue weighted by molar-refractivity contribution is 9.10. The Hall–Kier alpha value is -2.92. The Bertz CT molecular complexity index is 1020. The molecule has 0 amide bonds. The van der Waals surface area contributed by atoms with E-state index in [4.69, 9.17) is 0 Å². The molecule has 134 valence electrons. The van der Waals surface area contributed by atoms with E-state index in [1.807, 2.05) is 42.5 Å². The smallest absolute Gasteiger partial charge is 0.229 e. The van der Waals surface area contributed by atoms with Gasteiger partial charge in [-0.1, -0.05) is 76.1 Å². The second kappa shape index (κ2) is 7.76. The fourth-order valence-corrected chi connectivity index (χ4v) is 3.15. The van der Waals surface area contributed by atoms with Crippen molar-refractivity contribution in [2.75, 3.05) is 5.32 Å². The van der Waals surface area contributed by atoms with Gasteiger partial charge in [0.25, 0.3) is 0 Å². The van der Waals surface area contributed by atoms with E-state index in [0.29, 0.717) is 6.54 Å². The Kier molecular flexibility index (Phi) is 5.03. The van der Waals surface area contributed by atoms with Crippen LogP contribution < -0.4 is 5.32 Å². The molecular weight excluding hydrogens is 400 g/mol. The van der Waals surface area contributed by atoms with Crippen LogP contribution in [-0.2, 0) is 6.54 Å². The van der Waals surface area contributed by atoms with Gasteiger partial charge in [-0.2, -0.15) is 0 Å². The van der Waals surface area contributed by atoms with Gasteiger partial charge in [0.1, 0.15) is 0 Å². The zero-order valence-corrected chi connectivity index (χ0v) is 16.5. The van der Waals surface area contributed by atoms with Crippen LogP contribution in [0.3, 0.4) is 0 Å². The van der Waals surface area contributed by atoms with Gasteiger partial charge in [-0.05, 0) is 36.8 Å². The van der Waals surface area contributed by atoms with Gasteiger partial charge in [-0.25, -0.2) is 0 Å². The molecule has 0 aliphatic heterocycles. The van der Waals surface area contributed by atoms with Gasteiger partial charge in [0.15, 0.2) is 5.82 Å². The first-order valence-corrected chi connectivity index (χ1v) is 9.55. The first-order chi connectivity index (χ1) is 13.2. The highest BCUT2D eigenvalue weighted by Crippen LogP contribution is 2.25. The quantitative estimate of drug-likeness (QED) is 0.444. The highest BCUT2D eigenvalue weighted by Gasteiger charge is 2.14. The molecule has 5 heteroatoms. The zero-order valence-electron chi connectivity index (χ0n) is 14.9. The van der Waals surface area contributed by atoms with E-state index in [0.717, 1.165) is 27.5 Å². The summed E-state index contributed by atoms with van der Waals surface area (Å²) in [5.41, 5.74) is 4.44. The van der Waals surface area contributed by atoms with Crippen molar-refractivity contribution in [3.05, 3.63) is 94.5 Å². The Morgan fingerprint density at radius 3 is 2.26 bits per heavy atom. The molecule has 0 saturated heterocycles. The molecule has 4 aromatic rings. The van der Waals surface area contributed by atoms with Crippen LogP contribution in [0.25, 0.3) is 11.4 Å². The van der Waals surface area contributed by atoms with Crippen LogP contribution in [0, 0.1) is 6.92 Å². The minimum Gasteiger partial charge on any atom is -0.324 e. The SMILES string of the molecule is Cc1ccc(Nc2nnc(-c3ccc(Br)cc3)n2Cc2ccccc2)cc1. The predicted molar refractivity (Wildman–Crippen MR) is 113 cm³/mol. The number of nitrogens with one attached hydrogen (secondary N) is 1. The molecule has 0 fully saturated rings. The highest BCUT2D eigenvalue weighted by atomic mass is 79.9. The lowest BCUT2D eigenvalue weighted by atomic mass is 10.2. The Morgan fingerprint density at radius 2 is 1.56 bits per heavy atom. The van der Waals surface area contributed by atoms with Gasteiger partial charge in [-0.15, -0.1) is 10.2 Å². The maximum absolute atomic E-state index is 4.46. The lowest BCUT2D eigenvalue weighted by Gasteiger charge is -2.12. The molecule has 3 aromatic carbocycles. The van der Waals surface area contributed by atoms with Crippen molar-refractivity contribution < 1.29 is 0 Å². The maximum Gasteiger partial charge on any atom is 0.229 e. The van der Waals surface area contributed by atoms with Crippen molar-refractivity contribution >= 4 is 27.6 Å². The van der Waals surface area contributed by atoms with E-state index in [1.165, 1.54) is 11.1 Å². The summed E-state index contributed by atoms with van der Waals surface area (Å²) >= 11 is 3.49. The summed E-state index contributed by atoms with van der Waals surface area (Å²) in [6, 6.07) is 26.7. The molecule has 1 heterocycles. The van der Waals surface area contributed by atoms with Crippen molar-refractivity contribution in [1.82, 2.24) is 14.8 Å². The molecule has 0 atom stereocenters. The number of benzene rings is 3. The van der Waals surface area contributed by atoms with Crippen molar-refractivity contribution in [2.45, 2.75) is 13.5 Å². The molecule has 0 bridgehead atoms. The van der Waals surface area contributed by atoms with E-state index in [2.05, 4.69) is 79.3 Å². The molecule has 1 N–H and O–H groups in total. The molecule has 0 spiro atoms. The van der Waals surface area contributed by atoms with Gasteiger partial charge in [0.05, 0.1) is 6.54 Å². The molecule has 0 aliphatic carbocycles. The summed E-state index contributed by atoms with van der Waals surface area (Å²) < 4.78 is 3.15. The number of anilines is 2. The van der Waals surface area contributed by atoms with Gasteiger partial charge < -0.3 is 5.32 Å². The van der Waals surface area contributed by atoms with Crippen molar-refractivity contribution in [3.8, 4) is 11.4 Å². The Labute approximate surface area is 167 Å². The van der Waals surface area contributed by atoms with Crippen LogP contribution in [0.15, 0.2) is 83.3 Å². The molecule has 27 heavy (non-hydrogen) atoms. The number of aromatic nitrogens is 3. The fraction of sp³-hybridized carbons (Fsp3) is 0.0909. The number of hydrogen-bond acceptors (Lipinski definition) is 3. The number of halogens is 1. The van der Waals surface area contributed by atoms with E-state index >= 15 is 0 Å². The summed E-state index contributed by atoms with van der Waals surface area (Å²) in [5, 5.41) is 12.3. The monoisotopic (exact) mass is 418 g/mol. The van der Waals surface area contributed by atoms with Crippen molar-refractivity contribution in [2.24, 2.45) is 0 Å². The first-order valence-electron chi connectivity index (χ1n) is 8.76. The topological polar surface area (TPSA) is 42.7 Å². The van der Waals surface area contributed by atoms with Crippen LogP contribution in [0.2, 0.25) is 0 Å². The number of hydrogen-bond donors (Lipinski definition) is 1. The molecule has 1 aromatic heterocycles. The number of nitrogens with zero attached hydrogens (tertiary/aromatic N) is 3. The summed E-state index contributed by atoms with van der Waals surface area (Å²) in [4.78, 5) is 0. The van der Waals surface area contributed by atoms with E-state index < -0.39 is 0 Å². The van der Waals surface area contributed by atoms with E-state index in [1.54, 1.807) is 0 Å². The fourth-order valence-electron chi connectivity index (χ4n) is 2.89.